The van der Waals surface area contributed by atoms with Crippen molar-refractivity contribution in [1.82, 2.24) is 0 Å². The summed E-state index contributed by atoms with van der Waals surface area (Å²) in [4.78, 5) is 24.4. The van der Waals surface area contributed by atoms with E-state index in [4.69, 9.17) is 9.47 Å². The maximum absolute atomic E-state index is 12.2. The van der Waals surface area contributed by atoms with E-state index >= 15 is 0 Å². The van der Waals surface area contributed by atoms with Crippen LogP contribution in [0.5, 0.6) is 0 Å². The van der Waals surface area contributed by atoms with E-state index in [-0.39, 0.29) is 25.2 Å². The third-order valence-corrected chi connectivity index (χ3v) is 11.3. The quantitative estimate of drug-likeness (QED) is 0.0379. The van der Waals surface area contributed by atoms with E-state index < -0.39 is 6.10 Å². The molecule has 0 aliphatic heterocycles. The molecular formula is C50H96O5. The molecular weight excluding hydrogens is 681 g/mol. The Bertz CT molecular complexity index is 795. The smallest absolute Gasteiger partial charge is 0.306 e. The number of esters is 2. The van der Waals surface area contributed by atoms with Crippen molar-refractivity contribution >= 4 is 11.9 Å². The Hall–Kier alpha value is -1.36. The van der Waals surface area contributed by atoms with E-state index in [1.54, 1.807) is 0 Å². The van der Waals surface area contributed by atoms with Crippen molar-refractivity contribution in [2.75, 3.05) is 13.2 Å². The van der Waals surface area contributed by atoms with Crippen molar-refractivity contribution in [2.45, 2.75) is 283 Å². The van der Waals surface area contributed by atoms with Gasteiger partial charge in [0.25, 0.3) is 0 Å². The first-order valence-electron chi connectivity index (χ1n) is 24.7. The molecule has 5 nitrogen and oxygen atoms in total. The zero-order valence-corrected chi connectivity index (χ0v) is 37.2. The fourth-order valence-electron chi connectivity index (χ4n) is 7.55. The molecule has 5 heteroatoms. The average Bonchev–Trinajstić information content (AvgIpc) is 3.19. The predicted octanol–water partition coefficient (Wildman–Crippen LogP) is 16.0. The second-order valence-corrected chi connectivity index (χ2v) is 16.9. The van der Waals surface area contributed by atoms with E-state index in [1.165, 1.54) is 212 Å². The molecule has 0 bridgehead atoms. The highest BCUT2D eigenvalue weighted by Gasteiger charge is 2.16. The van der Waals surface area contributed by atoms with E-state index in [2.05, 4.69) is 26.0 Å². The first-order chi connectivity index (χ1) is 27.1. The second-order valence-electron chi connectivity index (χ2n) is 16.9. The van der Waals surface area contributed by atoms with Crippen LogP contribution < -0.4 is 0 Å². The number of allylic oxidation sites excluding steroid dienone is 2. The zero-order chi connectivity index (χ0) is 40.0. The largest absolute Gasteiger partial charge is 0.462 e. The monoisotopic (exact) mass is 777 g/mol. The summed E-state index contributed by atoms with van der Waals surface area (Å²) in [6, 6.07) is 0. The number of aliphatic hydroxyl groups is 1. The van der Waals surface area contributed by atoms with Gasteiger partial charge in [0.1, 0.15) is 6.61 Å². The van der Waals surface area contributed by atoms with Crippen molar-refractivity contribution in [3.05, 3.63) is 12.2 Å². The van der Waals surface area contributed by atoms with Crippen molar-refractivity contribution in [1.29, 1.82) is 0 Å². The van der Waals surface area contributed by atoms with Crippen LogP contribution in [0.1, 0.15) is 277 Å². The van der Waals surface area contributed by atoms with Gasteiger partial charge < -0.3 is 14.6 Å². The van der Waals surface area contributed by atoms with Crippen molar-refractivity contribution < 1.29 is 24.2 Å². The van der Waals surface area contributed by atoms with Gasteiger partial charge in [-0.2, -0.15) is 0 Å². The first kappa shape index (κ1) is 53.6. The summed E-state index contributed by atoms with van der Waals surface area (Å²) in [7, 11) is 0. The van der Waals surface area contributed by atoms with Crippen LogP contribution in [-0.2, 0) is 19.1 Å². The van der Waals surface area contributed by atoms with Gasteiger partial charge in [-0.05, 0) is 38.5 Å². The average molecular weight is 777 g/mol. The number of rotatable bonds is 46. The Kier molecular flexibility index (Phi) is 45.9. The molecule has 0 aliphatic carbocycles. The van der Waals surface area contributed by atoms with Crippen LogP contribution in [0, 0.1) is 0 Å². The molecule has 0 saturated heterocycles. The number of hydrogen-bond donors (Lipinski definition) is 1. The van der Waals surface area contributed by atoms with E-state index in [1.807, 2.05) is 0 Å². The topological polar surface area (TPSA) is 72.8 Å². The molecule has 326 valence electrons. The summed E-state index contributed by atoms with van der Waals surface area (Å²) in [6.07, 6.45) is 56.0. The van der Waals surface area contributed by atoms with Crippen molar-refractivity contribution in [2.24, 2.45) is 0 Å². The lowest BCUT2D eigenvalue weighted by Gasteiger charge is -2.15. The minimum Gasteiger partial charge on any atom is -0.462 e. The summed E-state index contributed by atoms with van der Waals surface area (Å²) >= 11 is 0. The number of unbranched alkanes of at least 4 members (excludes halogenated alkanes) is 36. The van der Waals surface area contributed by atoms with E-state index in [0.717, 1.165) is 38.5 Å². The van der Waals surface area contributed by atoms with Gasteiger partial charge in [0.15, 0.2) is 6.10 Å². The van der Waals surface area contributed by atoms with Gasteiger partial charge in [-0.3, -0.25) is 9.59 Å². The second kappa shape index (κ2) is 47.0. The molecule has 0 rings (SSSR count). The molecule has 0 aromatic carbocycles. The fraction of sp³-hybridized carbons (Fsp3) is 0.920. The summed E-state index contributed by atoms with van der Waals surface area (Å²) < 4.78 is 10.7. The molecule has 1 unspecified atom stereocenters. The maximum atomic E-state index is 12.2. The van der Waals surface area contributed by atoms with Gasteiger partial charge >= 0.3 is 11.9 Å². The Labute approximate surface area is 343 Å². The molecule has 1 N–H and O–H groups in total. The highest BCUT2D eigenvalue weighted by molar-refractivity contribution is 5.70. The lowest BCUT2D eigenvalue weighted by atomic mass is 10.0. The van der Waals surface area contributed by atoms with Gasteiger partial charge in [0.05, 0.1) is 6.61 Å². The van der Waals surface area contributed by atoms with Crippen molar-refractivity contribution in [3.63, 3.8) is 0 Å². The maximum Gasteiger partial charge on any atom is 0.306 e. The first-order valence-corrected chi connectivity index (χ1v) is 24.7. The van der Waals surface area contributed by atoms with Crippen molar-refractivity contribution in [3.8, 4) is 0 Å². The predicted molar refractivity (Wildman–Crippen MR) is 238 cm³/mol. The molecule has 0 aliphatic rings. The summed E-state index contributed by atoms with van der Waals surface area (Å²) in [5.41, 5.74) is 0. The third kappa shape index (κ3) is 45.2. The summed E-state index contributed by atoms with van der Waals surface area (Å²) in [6.45, 7) is 4.16. The van der Waals surface area contributed by atoms with E-state index in [9.17, 15) is 14.7 Å². The molecule has 0 fully saturated rings. The number of carbonyl (C=O) groups is 2. The van der Waals surface area contributed by atoms with Crippen LogP contribution in [0.4, 0.5) is 0 Å². The third-order valence-electron chi connectivity index (χ3n) is 11.3. The van der Waals surface area contributed by atoms with Crippen LogP contribution in [-0.4, -0.2) is 36.4 Å². The fourth-order valence-corrected chi connectivity index (χ4v) is 7.55. The van der Waals surface area contributed by atoms with Crippen LogP contribution in [0.15, 0.2) is 12.2 Å². The lowest BCUT2D eigenvalue weighted by molar-refractivity contribution is -0.161. The normalized spacial score (nSPS) is 12.1. The molecule has 0 spiro atoms. The van der Waals surface area contributed by atoms with Gasteiger partial charge in [-0.15, -0.1) is 0 Å². The van der Waals surface area contributed by atoms with E-state index in [0.29, 0.717) is 12.8 Å². The van der Waals surface area contributed by atoms with Gasteiger partial charge in [-0.25, -0.2) is 0 Å². The summed E-state index contributed by atoms with van der Waals surface area (Å²) in [5.74, 6) is -0.585. The van der Waals surface area contributed by atoms with Crippen LogP contribution >= 0.6 is 0 Å². The molecule has 0 aromatic rings. The number of aliphatic hydroxyl groups excluding tert-OH is 1. The van der Waals surface area contributed by atoms with Crippen LogP contribution in [0.3, 0.4) is 0 Å². The highest BCUT2D eigenvalue weighted by atomic mass is 16.6. The molecule has 1 atom stereocenters. The molecule has 55 heavy (non-hydrogen) atoms. The Morgan fingerprint density at radius 1 is 0.400 bits per heavy atom. The SMILES string of the molecule is CCCCCCC/C=C\CCCCCCCC(=O)OC(CO)COC(=O)CCCCCCCCCCCCCCCCCCCCCCCCCCCCC. The number of ether oxygens (including phenoxy) is 2. The Morgan fingerprint density at radius 2 is 0.673 bits per heavy atom. The molecule has 0 radical (unpaired) electrons. The van der Waals surface area contributed by atoms with Gasteiger partial charge in [-0.1, -0.05) is 238 Å². The molecule has 0 heterocycles. The number of carbonyl (C=O) groups excluding carboxylic acids is 2. The van der Waals surface area contributed by atoms with Gasteiger partial charge in [0.2, 0.25) is 0 Å². The molecule has 0 aromatic heterocycles. The summed E-state index contributed by atoms with van der Waals surface area (Å²) in [5, 5.41) is 9.59. The molecule has 0 amide bonds. The lowest BCUT2D eigenvalue weighted by Crippen LogP contribution is -2.28. The Morgan fingerprint density at radius 3 is 0.982 bits per heavy atom. The standard InChI is InChI=1S/C50H96O5/c1-3-5-7-9-11-13-15-17-19-20-21-22-23-24-25-26-27-28-29-30-31-33-34-36-38-40-42-44-49(52)54-47-48(46-51)55-50(53)45-43-41-39-37-35-32-18-16-14-12-10-8-6-4-2/h16,18,48,51H,3-15,17,19-47H2,1-2H3/b18-16-. The Balaban J connectivity index is 3.41. The number of hydrogen-bond acceptors (Lipinski definition) is 5. The molecule has 0 saturated carbocycles. The highest BCUT2D eigenvalue weighted by Crippen LogP contribution is 2.17. The minimum absolute atomic E-state index is 0.0627. The zero-order valence-electron chi connectivity index (χ0n) is 37.2. The minimum atomic E-state index is -0.770. The van der Waals surface area contributed by atoms with Gasteiger partial charge in [0, 0.05) is 12.8 Å². The van der Waals surface area contributed by atoms with Crippen LogP contribution in [0.25, 0.3) is 0 Å². The van der Waals surface area contributed by atoms with Crippen LogP contribution in [0.2, 0.25) is 0 Å².